The van der Waals surface area contributed by atoms with E-state index in [-0.39, 0.29) is 11.3 Å². The molecule has 1 heterocycles. The number of rotatable bonds is 3. The number of aliphatic imine (C=N–C) groups is 1. The number of nitrogens with two attached hydrogens (primary N) is 1. The van der Waals surface area contributed by atoms with Gasteiger partial charge in [-0.15, -0.1) is 0 Å². The van der Waals surface area contributed by atoms with Crippen molar-refractivity contribution >= 4 is 29.0 Å². The van der Waals surface area contributed by atoms with Crippen molar-refractivity contribution in [2.45, 2.75) is 45.1 Å². The molecule has 1 spiro atoms. The summed E-state index contributed by atoms with van der Waals surface area (Å²) in [6, 6.07) is 13.5. The van der Waals surface area contributed by atoms with Crippen molar-refractivity contribution in [3.63, 3.8) is 0 Å². The van der Waals surface area contributed by atoms with Crippen LogP contribution in [-0.4, -0.2) is 11.7 Å². The zero-order valence-electron chi connectivity index (χ0n) is 15.3. The smallest absolute Gasteiger partial charge is 0.248 e. The van der Waals surface area contributed by atoms with E-state index in [0.717, 1.165) is 46.9 Å². The van der Waals surface area contributed by atoms with Crippen molar-refractivity contribution < 1.29 is 4.79 Å². The second kappa shape index (κ2) is 7.35. The number of anilines is 1. The maximum Gasteiger partial charge on any atom is 0.248 e. The third kappa shape index (κ3) is 3.72. The number of amides is 1. The van der Waals surface area contributed by atoms with Gasteiger partial charge in [0.1, 0.15) is 5.84 Å². The fourth-order valence-corrected chi connectivity index (χ4v) is 4.59. The van der Waals surface area contributed by atoms with Crippen LogP contribution in [0.15, 0.2) is 47.5 Å². The fourth-order valence-electron chi connectivity index (χ4n) is 4.38. The zero-order valence-corrected chi connectivity index (χ0v) is 16.1. The maximum atomic E-state index is 11.6. The first-order valence-corrected chi connectivity index (χ1v) is 9.93. The van der Waals surface area contributed by atoms with Gasteiger partial charge in [0.2, 0.25) is 5.91 Å². The molecule has 4 rings (SSSR count). The minimum atomic E-state index is -0.379. The summed E-state index contributed by atoms with van der Waals surface area (Å²) < 4.78 is 0. The molecule has 2 aliphatic rings. The molecule has 0 atom stereocenters. The number of hydrogen-bond acceptors (Lipinski definition) is 2. The van der Waals surface area contributed by atoms with Gasteiger partial charge < -0.3 is 11.1 Å². The largest absolute Gasteiger partial charge is 0.366 e. The van der Waals surface area contributed by atoms with E-state index in [1.54, 1.807) is 6.07 Å². The predicted octanol–water partition coefficient (Wildman–Crippen LogP) is 4.96. The van der Waals surface area contributed by atoms with E-state index >= 15 is 0 Å². The summed E-state index contributed by atoms with van der Waals surface area (Å²) >= 11 is 6.11. The lowest BCUT2D eigenvalue weighted by Gasteiger charge is -2.42. The van der Waals surface area contributed by atoms with Gasteiger partial charge in [-0.25, -0.2) is 0 Å². The maximum absolute atomic E-state index is 11.6. The van der Waals surface area contributed by atoms with Gasteiger partial charge in [0.25, 0.3) is 0 Å². The summed E-state index contributed by atoms with van der Waals surface area (Å²) in [5.41, 5.74) is 9.37. The molecule has 0 unspecified atom stereocenters. The molecule has 3 N–H and O–H groups in total. The van der Waals surface area contributed by atoms with Crippen LogP contribution in [0.25, 0.3) is 0 Å². The van der Waals surface area contributed by atoms with Gasteiger partial charge in [-0.05, 0) is 60.7 Å². The number of halogens is 1. The van der Waals surface area contributed by atoms with Crippen molar-refractivity contribution in [3.8, 4) is 0 Å². The highest BCUT2D eigenvalue weighted by molar-refractivity contribution is 6.30. The summed E-state index contributed by atoms with van der Waals surface area (Å²) in [7, 11) is 0. The SMILES string of the molecule is NC(=O)c1ccc2c(c1)CC1(CCCCC1)C(=NCc1cccc(Cl)c1)N2. The topological polar surface area (TPSA) is 67.5 Å². The third-order valence-corrected chi connectivity index (χ3v) is 6.03. The van der Waals surface area contributed by atoms with Crippen LogP contribution in [0, 0.1) is 5.41 Å². The van der Waals surface area contributed by atoms with Crippen molar-refractivity contribution in [1.82, 2.24) is 0 Å². The Bertz CT molecular complexity index is 900. The average molecular weight is 382 g/mol. The molecule has 5 heteroatoms. The van der Waals surface area contributed by atoms with Crippen LogP contribution < -0.4 is 11.1 Å². The molecule has 2 aromatic rings. The second-order valence-corrected chi connectivity index (χ2v) is 8.11. The summed E-state index contributed by atoms with van der Waals surface area (Å²) in [5, 5.41) is 4.31. The summed E-state index contributed by atoms with van der Waals surface area (Å²) in [4.78, 5) is 16.6. The van der Waals surface area contributed by atoms with Crippen molar-refractivity contribution in [2.24, 2.45) is 16.1 Å². The highest BCUT2D eigenvalue weighted by atomic mass is 35.5. The summed E-state index contributed by atoms with van der Waals surface area (Å²) in [5.74, 6) is 0.692. The van der Waals surface area contributed by atoms with Crippen LogP contribution in [0.4, 0.5) is 5.69 Å². The number of carbonyl (C=O) groups is 1. The van der Waals surface area contributed by atoms with Crippen LogP contribution >= 0.6 is 11.6 Å². The molecule has 1 amide bonds. The lowest BCUT2D eigenvalue weighted by molar-refractivity contribution is 0.1000. The normalized spacial score (nSPS) is 19.5. The highest BCUT2D eigenvalue weighted by Crippen LogP contribution is 2.45. The first-order chi connectivity index (χ1) is 13.1. The van der Waals surface area contributed by atoms with Crippen molar-refractivity contribution in [3.05, 3.63) is 64.2 Å². The Kier molecular flexibility index (Phi) is 4.92. The molecular weight excluding hydrogens is 358 g/mol. The van der Waals surface area contributed by atoms with Crippen LogP contribution in [0.1, 0.15) is 53.6 Å². The van der Waals surface area contributed by atoms with Crippen molar-refractivity contribution in [2.75, 3.05) is 5.32 Å². The molecule has 1 fully saturated rings. The van der Waals surface area contributed by atoms with Gasteiger partial charge in [-0.2, -0.15) is 0 Å². The quantitative estimate of drug-likeness (QED) is 0.789. The Morgan fingerprint density at radius 3 is 2.70 bits per heavy atom. The average Bonchev–Trinajstić information content (AvgIpc) is 2.66. The molecule has 0 saturated heterocycles. The number of hydrogen-bond donors (Lipinski definition) is 2. The number of nitrogens with one attached hydrogen (secondary N) is 1. The van der Waals surface area contributed by atoms with Gasteiger partial charge in [0, 0.05) is 21.7 Å². The van der Waals surface area contributed by atoms with Gasteiger partial charge in [-0.1, -0.05) is 43.0 Å². The van der Waals surface area contributed by atoms with E-state index in [2.05, 4.69) is 11.4 Å². The number of fused-ring (bicyclic) bond motifs is 1. The Morgan fingerprint density at radius 2 is 1.96 bits per heavy atom. The molecule has 1 aliphatic heterocycles. The standard InChI is InChI=1S/C22H24ClN3O/c23-18-6-4-5-15(11-18)14-25-21-22(9-2-1-3-10-22)13-17-12-16(20(24)27)7-8-19(17)26-21/h4-8,11-12H,1-3,9-10,13-14H2,(H2,24,27)(H,25,26). The van der Waals surface area contributed by atoms with Gasteiger partial charge >= 0.3 is 0 Å². The third-order valence-electron chi connectivity index (χ3n) is 5.79. The predicted molar refractivity (Wildman–Crippen MR) is 110 cm³/mol. The molecule has 140 valence electrons. The molecule has 0 bridgehead atoms. The second-order valence-electron chi connectivity index (χ2n) is 7.67. The van der Waals surface area contributed by atoms with Crippen LogP contribution in [0.2, 0.25) is 5.02 Å². The van der Waals surface area contributed by atoms with E-state index in [4.69, 9.17) is 22.3 Å². The first-order valence-electron chi connectivity index (χ1n) is 9.55. The molecule has 1 saturated carbocycles. The van der Waals surface area contributed by atoms with Gasteiger partial charge in [-0.3, -0.25) is 9.79 Å². The van der Waals surface area contributed by atoms with E-state index in [9.17, 15) is 4.79 Å². The minimum Gasteiger partial charge on any atom is -0.366 e. The fraction of sp³-hybridized carbons (Fsp3) is 0.364. The van der Waals surface area contributed by atoms with E-state index in [1.807, 2.05) is 30.3 Å². The van der Waals surface area contributed by atoms with E-state index in [1.165, 1.54) is 19.3 Å². The first kappa shape index (κ1) is 18.1. The lowest BCUT2D eigenvalue weighted by Crippen LogP contribution is -2.43. The van der Waals surface area contributed by atoms with Gasteiger partial charge in [0.15, 0.2) is 0 Å². The van der Waals surface area contributed by atoms with Crippen LogP contribution in [-0.2, 0) is 13.0 Å². The minimum absolute atomic E-state index is 0.0279. The molecule has 1 aliphatic carbocycles. The highest BCUT2D eigenvalue weighted by Gasteiger charge is 2.41. The molecule has 27 heavy (non-hydrogen) atoms. The number of benzene rings is 2. The van der Waals surface area contributed by atoms with Crippen LogP contribution in [0.5, 0.6) is 0 Å². The lowest BCUT2D eigenvalue weighted by atomic mass is 9.67. The van der Waals surface area contributed by atoms with Crippen molar-refractivity contribution in [1.29, 1.82) is 0 Å². The number of nitrogens with zero attached hydrogens (tertiary/aromatic N) is 1. The molecular formula is C22H24ClN3O. The number of primary amides is 1. The molecule has 4 nitrogen and oxygen atoms in total. The monoisotopic (exact) mass is 381 g/mol. The number of carbonyl (C=O) groups excluding carboxylic acids is 1. The Labute approximate surface area is 164 Å². The van der Waals surface area contributed by atoms with E-state index < -0.39 is 0 Å². The summed E-state index contributed by atoms with van der Waals surface area (Å²) in [6.07, 6.45) is 6.84. The zero-order chi connectivity index (χ0) is 18.9. The molecule has 0 radical (unpaired) electrons. The molecule has 2 aromatic carbocycles. The van der Waals surface area contributed by atoms with Gasteiger partial charge in [0.05, 0.1) is 6.54 Å². The Morgan fingerprint density at radius 1 is 1.15 bits per heavy atom. The molecule has 0 aromatic heterocycles. The van der Waals surface area contributed by atoms with Crippen LogP contribution in [0.3, 0.4) is 0 Å². The summed E-state index contributed by atoms with van der Waals surface area (Å²) in [6.45, 7) is 0.610. The Hall–Kier alpha value is -2.33. The Balaban J connectivity index is 1.68. The number of amidine groups is 1. The van der Waals surface area contributed by atoms with E-state index in [0.29, 0.717) is 12.1 Å².